The van der Waals surface area contributed by atoms with Gasteiger partial charge in [0, 0.05) is 40.0 Å². The molecule has 0 aromatic carbocycles. The molecule has 0 radical (unpaired) electrons. The molecular formula is C33H50N2O12. The molecule has 14 heteroatoms. The van der Waals surface area contributed by atoms with Crippen molar-refractivity contribution in [1.29, 1.82) is 0 Å². The number of nitrogens with zero attached hydrogens (tertiary/aromatic N) is 1. The lowest BCUT2D eigenvalue weighted by Crippen LogP contribution is -2.65. The monoisotopic (exact) mass is 666 g/mol. The van der Waals surface area contributed by atoms with Crippen molar-refractivity contribution in [2.24, 2.45) is 0 Å². The van der Waals surface area contributed by atoms with Crippen molar-refractivity contribution in [3.8, 4) is 59.6 Å². The minimum atomic E-state index is -1.38. The number of carbonyl (C=O) groups is 1. The first-order valence-corrected chi connectivity index (χ1v) is 15.1. The van der Waals surface area contributed by atoms with Crippen molar-refractivity contribution in [2.75, 3.05) is 13.7 Å². The minimum absolute atomic E-state index is 0.0184. The molecule has 5 atom stereocenters. The van der Waals surface area contributed by atoms with E-state index in [0.29, 0.717) is 0 Å². The fraction of sp³-hybridized carbons (Fsp3) is 0.576. The number of pyridine rings is 1. The van der Waals surface area contributed by atoms with E-state index in [4.69, 9.17) is 48.6 Å². The Morgan fingerprint density at radius 1 is 0.787 bits per heavy atom. The highest BCUT2D eigenvalue weighted by molar-refractivity contribution is 5.95. The van der Waals surface area contributed by atoms with E-state index < -0.39 is 42.3 Å². The van der Waals surface area contributed by atoms with Gasteiger partial charge in [0.2, 0.25) is 0 Å². The lowest BCUT2D eigenvalue weighted by molar-refractivity contribution is -0.436. The maximum Gasteiger partial charge on any atom is 0.275 e. The Bertz CT molecular complexity index is 1200. The average Bonchev–Trinajstić information content (AvgIpc) is 3.12. The van der Waals surface area contributed by atoms with Crippen LogP contribution < -0.4 is 10.1 Å². The van der Waals surface area contributed by atoms with E-state index in [9.17, 15) is 9.90 Å². The minimum Gasteiger partial charge on any atom is -0.503 e. The average molecular weight is 667 g/mol. The number of ether oxygens (including phenoxy) is 2. The SMILES string of the molecule is CC.CC.CC.CC.CC#COOC[C@H]1OC(NC(=O)c2nccc(OC)c2O)C(OOC#CC)C(OOC#CC)C1OOC#CC. The lowest BCUT2D eigenvalue weighted by atomic mass is 9.98. The lowest BCUT2D eigenvalue weighted by Gasteiger charge is -2.41. The van der Waals surface area contributed by atoms with Crippen molar-refractivity contribution >= 4 is 5.91 Å². The van der Waals surface area contributed by atoms with Gasteiger partial charge < -0.3 is 19.9 Å². The van der Waals surface area contributed by atoms with Gasteiger partial charge in [-0.3, -0.25) is 24.3 Å². The molecule has 1 amide bonds. The highest BCUT2D eigenvalue weighted by Crippen LogP contribution is 2.30. The molecule has 0 bridgehead atoms. The Morgan fingerprint density at radius 3 is 1.74 bits per heavy atom. The Hall–Kier alpha value is -4.54. The second kappa shape index (κ2) is 32.8. The Labute approximate surface area is 279 Å². The van der Waals surface area contributed by atoms with Crippen LogP contribution in [-0.4, -0.2) is 60.4 Å². The van der Waals surface area contributed by atoms with E-state index in [1.54, 1.807) is 0 Å². The summed E-state index contributed by atoms with van der Waals surface area (Å²) in [7, 11) is 1.32. The van der Waals surface area contributed by atoms with Crippen LogP contribution in [0.1, 0.15) is 93.6 Å². The van der Waals surface area contributed by atoms with E-state index in [1.165, 1.54) is 47.1 Å². The number of amides is 1. The van der Waals surface area contributed by atoms with Gasteiger partial charge in [-0.2, -0.15) is 19.6 Å². The summed E-state index contributed by atoms with van der Waals surface area (Å²) < 4.78 is 11.0. The largest absolute Gasteiger partial charge is 0.503 e. The van der Waals surface area contributed by atoms with Crippen molar-refractivity contribution in [1.82, 2.24) is 10.3 Å². The first kappa shape index (κ1) is 46.9. The standard InChI is InChI=1S/C25H26N2O12.4C2H6/c1-6-12-31-35-16-18-21(37-32-13-7-2)22(38-33-14-8-3)23(39-34-15-9-4)25(36-18)27-24(29)19-20(28)17(30-5)10-11-26-19;4*1-2/h10-11,18,21-23,25,28H,16H2,1-5H3,(H,27,29);4*1-2H3/t18-,21?,22?,23?,25?;;;;/m1..../s1. The molecule has 0 saturated carbocycles. The second-order valence-corrected chi connectivity index (χ2v) is 6.99. The number of hydrogen-bond donors (Lipinski definition) is 2. The Kier molecular flexibility index (Phi) is 32.8. The Balaban J connectivity index is -0.00000224. The van der Waals surface area contributed by atoms with Crippen LogP contribution in [0, 0.1) is 48.1 Å². The summed E-state index contributed by atoms with van der Waals surface area (Å²) in [5.41, 5.74) is -0.370. The molecule has 1 aromatic heterocycles. The van der Waals surface area contributed by atoms with E-state index in [-0.39, 0.29) is 18.1 Å². The molecule has 264 valence electrons. The van der Waals surface area contributed by atoms with Gasteiger partial charge in [0.05, 0.1) is 7.11 Å². The summed E-state index contributed by atoms with van der Waals surface area (Å²) in [6.07, 6.45) is 3.99. The summed E-state index contributed by atoms with van der Waals surface area (Å²) in [6, 6.07) is 1.37. The van der Waals surface area contributed by atoms with Gasteiger partial charge in [-0.05, 0) is 0 Å². The molecule has 2 N–H and O–H groups in total. The second-order valence-electron chi connectivity index (χ2n) is 6.99. The smallest absolute Gasteiger partial charge is 0.275 e. The highest BCUT2D eigenvalue weighted by Gasteiger charge is 2.53. The summed E-state index contributed by atoms with van der Waals surface area (Å²) in [6.45, 7) is 21.7. The first-order valence-electron chi connectivity index (χ1n) is 15.1. The maximum absolute atomic E-state index is 13.1. The van der Waals surface area contributed by atoms with Crippen LogP contribution >= 0.6 is 0 Å². The van der Waals surface area contributed by atoms with Gasteiger partial charge in [0.25, 0.3) is 5.91 Å². The van der Waals surface area contributed by atoms with E-state index in [2.05, 4.69) is 58.4 Å². The molecule has 1 saturated heterocycles. The summed E-state index contributed by atoms with van der Waals surface area (Å²) in [5, 5.41) is 12.9. The normalized spacial score (nSPS) is 17.9. The number of aromatic hydroxyl groups is 1. The van der Waals surface area contributed by atoms with Crippen molar-refractivity contribution in [3.05, 3.63) is 18.0 Å². The van der Waals surface area contributed by atoms with Crippen molar-refractivity contribution in [2.45, 2.75) is 114 Å². The molecule has 0 aliphatic carbocycles. The van der Waals surface area contributed by atoms with Crippen molar-refractivity contribution in [3.63, 3.8) is 0 Å². The third kappa shape index (κ3) is 17.7. The van der Waals surface area contributed by atoms with Crippen LogP contribution in [0.15, 0.2) is 12.3 Å². The molecule has 0 spiro atoms. The number of nitrogens with one attached hydrogen (secondary N) is 1. The molecule has 2 rings (SSSR count). The molecule has 1 aliphatic rings. The fourth-order valence-corrected chi connectivity index (χ4v) is 3.00. The molecule has 4 unspecified atom stereocenters. The fourth-order valence-electron chi connectivity index (χ4n) is 3.00. The van der Waals surface area contributed by atoms with E-state index in [0.717, 1.165) is 0 Å². The third-order valence-corrected chi connectivity index (χ3v) is 4.57. The number of rotatable bonds is 12. The van der Waals surface area contributed by atoms with Crippen LogP contribution in [0.25, 0.3) is 0 Å². The molecule has 2 heterocycles. The summed E-state index contributed by atoms with van der Waals surface area (Å²) >= 11 is 0. The molecule has 1 aliphatic heterocycles. The van der Waals surface area contributed by atoms with E-state index >= 15 is 0 Å². The summed E-state index contributed by atoms with van der Waals surface area (Å²) in [5.74, 6) is 8.58. The van der Waals surface area contributed by atoms with Crippen LogP contribution in [-0.2, 0) is 43.8 Å². The van der Waals surface area contributed by atoms with Crippen molar-refractivity contribution < 1.29 is 58.5 Å². The number of aromatic nitrogens is 1. The topological polar surface area (TPSA) is 155 Å². The predicted molar refractivity (Wildman–Crippen MR) is 173 cm³/mol. The zero-order valence-corrected chi connectivity index (χ0v) is 29.6. The van der Waals surface area contributed by atoms with Gasteiger partial charge in [0.1, 0.15) is 12.7 Å². The third-order valence-electron chi connectivity index (χ3n) is 4.57. The number of methoxy groups -OCH3 is 1. The zero-order chi connectivity index (χ0) is 36.5. The van der Waals surface area contributed by atoms with E-state index in [1.807, 2.05) is 55.4 Å². The zero-order valence-electron chi connectivity index (χ0n) is 29.6. The van der Waals surface area contributed by atoms with Crippen LogP contribution in [0.3, 0.4) is 0 Å². The van der Waals surface area contributed by atoms with Crippen LogP contribution in [0.5, 0.6) is 11.5 Å². The molecular weight excluding hydrogens is 616 g/mol. The predicted octanol–water partition coefficient (Wildman–Crippen LogP) is 5.18. The Morgan fingerprint density at radius 2 is 1.26 bits per heavy atom. The quantitative estimate of drug-likeness (QED) is 0.130. The number of hydrogen-bond acceptors (Lipinski definition) is 13. The number of carbonyl (C=O) groups excluding carboxylic acids is 1. The molecule has 47 heavy (non-hydrogen) atoms. The van der Waals surface area contributed by atoms with Gasteiger partial charge in [-0.25, -0.2) is 4.98 Å². The van der Waals surface area contributed by atoms with Crippen LogP contribution in [0.2, 0.25) is 0 Å². The first-order chi connectivity index (χ1) is 23.0. The molecule has 1 fully saturated rings. The molecule has 14 nitrogen and oxygen atoms in total. The van der Waals surface area contributed by atoms with Gasteiger partial charge in [-0.15, -0.1) is 0 Å². The van der Waals surface area contributed by atoms with Gasteiger partial charge in [0.15, 0.2) is 66.2 Å². The van der Waals surface area contributed by atoms with Crippen LogP contribution in [0.4, 0.5) is 0 Å². The van der Waals surface area contributed by atoms with Gasteiger partial charge >= 0.3 is 0 Å². The van der Waals surface area contributed by atoms with Gasteiger partial charge in [-0.1, -0.05) is 79.1 Å². The summed E-state index contributed by atoms with van der Waals surface area (Å²) in [4.78, 5) is 57.8. The maximum atomic E-state index is 13.1. The molecule has 1 aromatic rings. The highest BCUT2D eigenvalue weighted by atomic mass is 17.2.